The molecule has 1 aliphatic carbocycles. The van der Waals surface area contributed by atoms with Crippen LogP contribution in [0.2, 0.25) is 0 Å². The van der Waals surface area contributed by atoms with E-state index in [9.17, 15) is 0 Å². The molecule has 0 aliphatic heterocycles. The van der Waals surface area contributed by atoms with E-state index in [0.717, 1.165) is 18.4 Å². The predicted molar refractivity (Wildman–Crippen MR) is 95.8 cm³/mol. The van der Waals surface area contributed by atoms with E-state index in [1.807, 2.05) is 0 Å². The Hall–Kier alpha value is -0.340. The summed E-state index contributed by atoms with van der Waals surface area (Å²) < 4.78 is 1.26. The lowest BCUT2D eigenvalue weighted by Gasteiger charge is -2.34. The van der Waals surface area contributed by atoms with Crippen LogP contribution in [0.3, 0.4) is 0 Å². The lowest BCUT2D eigenvalue weighted by molar-refractivity contribution is 0.223. The normalized spacial score (nSPS) is 24.0. The molecule has 0 saturated heterocycles. The van der Waals surface area contributed by atoms with Gasteiger partial charge in [0, 0.05) is 10.5 Å². The molecule has 3 atom stereocenters. The number of hydrogen-bond donors (Lipinski definition) is 1. The fraction of sp³-hybridized carbons (Fsp3) is 0.684. The standard InChI is InChI=1S/C19H30BrN/c1-5-9-21-19(16-8-6-7-13(2)10-16)17-11-14(3)18(20)15(4)12-17/h11-13,16,19,21H,5-10H2,1-4H3. The van der Waals surface area contributed by atoms with E-state index in [0.29, 0.717) is 6.04 Å². The van der Waals surface area contributed by atoms with Gasteiger partial charge in [-0.05, 0) is 68.2 Å². The summed E-state index contributed by atoms with van der Waals surface area (Å²) in [4.78, 5) is 0. The van der Waals surface area contributed by atoms with Crippen LogP contribution in [-0.4, -0.2) is 6.54 Å². The first-order valence-electron chi connectivity index (χ1n) is 8.53. The summed E-state index contributed by atoms with van der Waals surface area (Å²) in [5, 5.41) is 3.83. The summed E-state index contributed by atoms with van der Waals surface area (Å²) in [6, 6.07) is 5.28. The molecule has 1 aliphatic rings. The van der Waals surface area contributed by atoms with E-state index >= 15 is 0 Å². The van der Waals surface area contributed by atoms with Gasteiger partial charge in [-0.3, -0.25) is 0 Å². The maximum atomic E-state index is 3.83. The van der Waals surface area contributed by atoms with E-state index in [1.165, 1.54) is 53.3 Å². The van der Waals surface area contributed by atoms with Crippen LogP contribution in [0.5, 0.6) is 0 Å². The molecule has 118 valence electrons. The van der Waals surface area contributed by atoms with Gasteiger partial charge in [0.15, 0.2) is 0 Å². The number of halogens is 1. The molecular weight excluding hydrogens is 322 g/mol. The van der Waals surface area contributed by atoms with Gasteiger partial charge < -0.3 is 5.32 Å². The van der Waals surface area contributed by atoms with Crippen LogP contribution < -0.4 is 5.32 Å². The second kappa shape index (κ2) is 7.78. The fourth-order valence-electron chi connectivity index (χ4n) is 3.80. The minimum Gasteiger partial charge on any atom is -0.310 e. The van der Waals surface area contributed by atoms with Crippen molar-refractivity contribution in [3.05, 3.63) is 33.3 Å². The van der Waals surface area contributed by atoms with Gasteiger partial charge in [-0.25, -0.2) is 0 Å². The number of hydrogen-bond acceptors (Lipinski definition) is 1. The van der Waals surface area contributed by atoms with Crippen LogP contribution >= 0.6 is 15.9 Å². The molecule has 1 aromatic carbocycles. The molecule has 1 fully saturated rings. The number of aryl methyl sites for hydroxylation is 2. The molecule has 2 rings (SSSR count). The van der Waals surface area contributed by atoms with E-state index in [4.69, 9.17) is 0 Å². The number of rotatable bonds is 5. The third-order valence-corrected chi connectivity index (χ3v) is 6.13. The summed E-state index contributed by atoms with van der Waals surface area (Å²) in [5.74, 6) is 1.67. The zero-order valence-electron chi connectivity index (χ0n) is 14.0. The molecule has 1 nitrogen and oxygen atoms in total. The Bertz CT molecular complexity index is 446. The second-order valence-corrected chi connectivity index (χ2v) is 7.73. The Morgan fingerprint density at radius 2 is 1.90 bits per heavy atom. The van der Waals surface area contributed by atoms with Gasteiger partial charge in [0.05, 0.1) is 0 Å². The molecule has 3 unspecified atom stereocenters. The van der Waals surface area contributed by atoms with Crippen LogP contribution in [0.1, 0.15) is 68.7 Å². The minimum absolute atomic E-state index is 0.526. The van der Waals surface area contributed by atoms with Gasteiger partial charge in [0.1, 0.15) is 0 Å². The Kier molecular flexibility index (Phi) is 6.31. The topological polar surface area (TPSA) is 12.0 Å². The lowest BCUT2D eigenvalue weighted by atomic mass is 9.76. The minimum atomic E-state index is 0.526. The quantitative estimate of drug-likeness (QED) is 0.692. The average Bonchev–Trinajstić information content (AvgIpc) is 2.45. The fourth-order valence-corrected chi connectivity index (χ4v) is 4.03. The van der Waals surface area contributed by atoms with Crippen LogP contribution in [0, 0.1) is 25.7 Å². The largest absolute Gasteiger partial charge is 0.310 e. The van der Waals surface area contributed by atoms with Gasteiger partial charge in [-0.15, -0.1) is 0 Å². The maximum absolute atomic E-state index is 3.83. The van der Waals surface area contributed by atoms with Gasteiger partial charge >= 0.3 is 0 Å². The van der Waals surface area contributed by atoms with Crippen LogP contribution in [0.15, 0.2) is 16.6 Å². The smallest absolute Gasteiger partial charge is 0.0348 e. The molecule has 0 aromatic heterocycles. The SMILES string of the molecule is CCCNC(c1cc(C)c(Br)c(C)c1)C1CCCC(C)C1. The average molecular weight is 352 g/mol. The van der Waals surface area contributed by atoms with Crippen LogP contribution in [0.25, 0.3) is 0 Å². The van der Waals surface area contributed by atoms with E-state index in [1.54, 1.807) is 0 Å². The molecule has 21 heavy (non-hydrogen) atoms. The third kappa shape index (κ3) is 4.32. The molecule has 0 heterocycles. The van der Waals surface area contributed by atoms with Crippen molar-refractivity contribution >= 4 is 15.9 Å². The highest BCUT2D eigenvalue weighted by Gasteiger charge is 2.27. The van der Waals surface area contributed by atoms with Crippen LogP contribution in [0.4, 0.5) is 0 Å². The van der Waals surface area contributed by atoms with Crippen molar-refractivity contribution in [3.8, 4) is 0 Å². The zero-order chi connectivity index (χ0) is 15.4. The third-order valence-electron chi connectivity index (χ3n) is 4.88. The first-order valence-corrected chi connectivity index (χ1v) is 9.32. The first kappa shape index (κ1) is 17.0. The van der Waals surface area contributed by atoms with Crippen molar-refractivity contribution in [3.63, 3.8) is 0 Å². The molecule has 1 N–H and O–H groups in total. The zero-order valence-corrected chi connectivity index (χ0v) is 15.6. The Morgan fingerprint density at radius 3 is 2.48 bits per heavy atom. The molecule has 0 spiro atoms. The van der Waals surface area contributed by atoms with Crippen molar-refractivity contribution in [2.24, 2.45) is 11.8 Å². The Labute approximate surface area is 139 Å². The molecule has 0 bridgehead atoms. The van der Waals surface area contributed by atoms with E-state index < -0.39 is 0 Å². The van der Waals surface area contributed by atoms with Gasteiger partial charge in [-0.1, -0.05) is 54.8 Å². The summed E-state index contributed by atoms with van der Waals surface area (Å²) >= 11 is 3.70. The highest BCUT2D eigenvalue weighted by atomic mass is 79.9. The van der Waals surface area contributed by atoms with Gasteiger partial charge in [0.25, 0.3) is 0 Å². The van der Waals surface area contributed by atoms with Crippen molar-refractivity contribution in [1.29, 1.82) is 0 Å². The highest BCUT2D eigenvalue weighted by molar-refractivity contribution is 9.10. The predicted octanol–water partition coefficient (Wildman–Crippen LogP) is 5.93. The van der Waals surface area contributed by atoms with Crippen LogP contribution in [-0.2, 0) is 0 Å². The summed E-state index contributed by atoms with van der Waals surface area (Å²) in [6.07, 6.45) is 6.75. The second-order valence-electron chi connectivity index (χ2n) is 6.93. The monoisotopic (exact) mass is 351 g/mol. The number of nitrogens with one attached hydrogen (secondary N) is 1. The van der Waals surface area contributed by atoms with Gasteiger partial charge in [0.2, 0.25) is 0 Å². The molecule has 1 saturated carbocycles. The first-order chi connectivity index (χ1) is 10.0. The molecule has 2 heteroatoms. The molecular formula is C19H30BrN. The lowest BCUT2D eigenvalue weighted by Crippen LogP contribution is -2.32. The van der Waals surface area contributed by atoms with Crippen molar-refractivity contribution < 1.29 is 0 Å². The molecule has 0 amide bonds. The number of benzene rings is 1. The van der Waals surface area contributed by atoms with Crippen molar-refractivity contribution in [2.75, 3.05) is 6.54 Å². The molecule has 1 aromatic rings. The van der Waals surface area contributed by atoms with Gasteiger partial charge in [-0.2, -0.15) is 0 Å². The highest BCUT2D eigenvalue weighted by Crippen LogP contribution is 2.38. The van der Waals surface area contributed by atoms with E-state index in [-0.39, 0.29) is 0 Å². The molecule has 0 radical (unpaired) electrons. The Morgan fingerprint density at radius 1 is 1.24 bits per heavy atom. The summed E-state index contributed by atoms with van der Waals surface area (Å²) in [5.41, 5.74) is 4.20. The van der Waals surface area contributed by atoms with Crippen molar-refractivity contribution in [1.82, 2.24) is 5.32 Å². The summed E-state index contributed by atoms with van der Waals surface area (Å²) in [6.45, 7) is 10.2. The van der Waals surface area contributed by atoms with Crippen molar-refractivity contribution in [2.45, 2.75) is 65.8 Å². The van der Waals surface area contributed by atoms with E-state index in [2.05, 4.69) is 61.1 Å². The maximum Gasteiger partial charge on any atom is 0.0348 e. The summed E-state index contributed by atoms with van der Waals surface area (Å²) in [7, 11) is 0. The Balaban J connectivity index is 2.26.